The zero-order chi connectivity index (χ0) is 14.2. The monoisotopic (exact) mass is 274 g/mol. The van der Waals surface area contributed by atoms with Gasteiger partial charge in [0.15, 0.2) is 0 Å². The minimum absolute atomic E-state index is 0.0843. The van der Waals surface area contributed by atoms with Crippen molar-refractivity contribution in [2.24, 2.45) is 0 Å². The molecule has 0 unspecified atom stereocenters. The molecular formula is C15H22N4O. The smallest absolute Gasteiger partial charge is 0.221 e. The summed E-state index contributed by atoms with van der Waals surface area (Å²) in [7, 11) is 0. The lowest BCUT2D eigenvalue weighted by Crippen LogP contribution is -2.32. The van der Waals surface area contributed by atoms with Crippen molar-refractivity contribution in [3.8, 4) is 0 Å². The molecule has 0 bridgehead atoms. The Kier molecular flexibility index (Phi) is 5.55. The zero-order valence-corrected chi connectivity index (χ0v) is 11.9. The summed E-state index contributed by atoms with van der Waals surface area (Å²) in [6, 6.07) is 7.95. The SMILES string of the molecule is CCCNCCNC(=O)CCn1cnc2ccccc21. The molecule has 1 aromatic carbocycles. The summed E-state index contributed by atoms with van der Waals surface area (Å²) in [4.78, 5) is 16.0. The number of benzene rings is 1. The van der Waals surface area contributed by atoms with Crippen LogP contribution in [0.2, 0.25) is 0 Å². The van der Waals surface area contributed by atoms with E-state index in [0.29, 0.717) is 19.5 Å². The van der Waals surface area contributed by atoms with E-state index in [1.807, 2.05) is 28.8 Å². The van der Waals surface area contributed by atoms with Crippen LogP contribution >= 0.6 is 0 Å². The molecule has 5 heteroatoms. The maximum absolute atomic E-state index is 11.7. The van der Waals surface area contributed by atoms with Crippen LogP contribution in [0.1, 0.15) is 19.8 Å². The first-order valence-electron chi connectivity index (χ1n) is 7.18. The molecule has 1 amide bonds. The molecule has 0 spiro atoms. The van der Waals surface area contributed by atoms with E-state index in [-0.39, 0.29) is 5.91 Å². The summed E-state index contributed by atoms with van der Waals surface area (Å²) in [5.74, 6) is 0.0843. The highest BCUT2D eigenvalue weighted by molar-refractivity contribution is 5.77. The van der Waals surface area contributed by atoms with Crippen molar-refractivity contribution >= 4 is 16.9 Å². The minimum Gasteiger partial charge on any atom is -0.355 e. The first-order chi connectivity index (χ1) is 9.81. The van der Waals surface area contributed by atoms with E-state index in [1.54, 1.807) is 6.33 Å². The second-order valence-corrected chi connectivity index (χ2v) is 4.78. The third kappa shape index (κ3) is 4.06. The van der Waals surface area contributed by atoms with E-state index in [2.05, 4.69) is 22.5 Å². The lowest BCUT2D eigenvalue weighted by atomic mass is 10.3. The number of aromatic nitrogens is 2. The molecule has 0 saturated heterocycles. The maximum Gasteiger partial charge on any atom is 0.221 e. The largest absolute Gasteiger partial charge is 0.355 e. The molecule has 0 saturated carbocycles. The molecule has 0 radical (unpaired) electrons. The quantitative estimate of drug-likeness (QED) is 0.718. The molecule has 108 valence electrons. The summed E-state index contributed by atoms with van der Waals surface area (Å²) in [6.07, 6.45) is 3.39. The van der Waals surface area contributed by atoms with Gasteiger partial charge in [0.1, 0.15) is 0 Å². The molecule has 0 aliphatic rings. The summed E-state index contributed by atoms with van der Waals surface area (Å²) in [5.41, 5.74) is 2.04. The first-order valence-corrected chi connectivity index (χ1v) is 7.18. The fourth-order valence-corrected chi connectivity index (χ4v) is 2.09. The first kappa shape index (κ1) is 14.5. The van der Waals surface area contributed by atoms with Crippen molar-refractivity contribution in [3.63, 3.8) is 0 Å². The Morgan fingerprint density at radius 2 is 2.10 bits per heavy atom. The standard InChI is InChI=1S/C15H22N4O/c1-2-8-16-9-10-17-15(20)7-11-19-12-18-13-5-3-4-6-14(13)19/h3-6,12,16H,2,7-11H2,1H3,(H,17,20). The van der Waals surface area contributed by atoms with E-state index >= 15 is 0 Å². The molecule has 0 atom stereocenters. The van der Waals surface area contributed by atoms with Crippen LogP contribution in [0.25, 0.3) is 11.0 Å². The lowest BCUT2D eigenvalue weighted by molar-refractivity contribution is -0.121. The molecular weight excluding hydrogens is 252 g/mol. The number of hydrogen-bond donors (Lipinski definition) is 2. The van der Waals surface area contributed by atoms with E-state index in [0.717, 1.165) is 30.5 Å². The topological polar surface area (TPSA) is 58.9 Å². The number of rotatable bonds is 8. The van der Waals surface area contributed by atoms with Gasteiger partial charge in [-0.15, -0.1) is 0 Å². The van der Waals surface area contributed by atoms with Gasteiger partial charge in [-0.05, 0) is 25.1 Å². The third-order valence-corrected chi connectivity index (χ3v) is 3.16. The fourth-order valence-electron chi connectivity index (χ4n) is 2.09. The van der Waals surface area contributed by atoms with Crippen LogP contribution in [0.5, 0.6) is 0 Å². The zero-order valence-electron chi connectivity index (χ0n) is 11.9. The average Bonchev–Trinajstić information content (AvgIpc) is 2.88. The van der Waals surface area contributed by atoms with E-state index in [4.69, 9.17) is 0 Å². The molecule has 2 N–H and O–H groups in total. The molecule has 1 aromatic heterocycles. The Morgan fingerprint density at radius 1 is 1.25 bits per heavy atom. The number of carbonyl (C=O) groups is 1. The Labute approximate surface area is 119 Å². The van der Waals surface area contributed by atoms with Gasteiger partial charge in [0.05, 0.1) is 17.4 Å². The maximum atomic E-state index is 11.7. The predicted molar refractivity (Wildman–Crippen MR) is 80.5 cm³/mol. The van der Waals surface area contributed by atoms with Gasteiger partial charge in [0.2, 0.25) is 5.91 Å². The minimum atomic E-state index is 0.0843. The fraction of sp³-hybridized carbons (Fsp3) is 0.467. The van der Waals surface area contributed by atoms with Crippen molar-refractivity contribution in [1.82, 2.24) is 20.2 Å². The highest BCUT2D eigenvalue weighted by Crippen LogP contribution is 2.11. The predicted octanol–water partition coefficient (Wildman–Crippen LogP) is 1.54. The molecule has 2 rings (SSSR count). The Balaban J connectivity index is 1.73. The van der Waals surface area contributed by atoms with Crippen LogP contribution in [0.3, 0.4) is 0 Å². The van der Waals surface area contributed by atoms with Gasteiger partial charge < -0.3 is 15.2 Å². The second-order valence-electron chi connectivity index (χ2n) is 4.78. The van der Waals surface area contributed by atoms with Crippen LogP contribution < -0.4 is 10.6 Å². The van der Waals surface area contributed by atoms with Crippen molar-refractivity contribution in [3.05, 3.63) is 30.6 Å². The molecule has 2 aromatic rings. The van der Waals surface area contributed by atoms with Crippen LogP contribution in [0.15, 0.2) is 30.6 Å². The highest BCUT2D eigenvalue weighted by Gasteiger charge is 2.04. The third-order valence-electron chi connectivity index (χ3n) is 3.16. The van der Waals surface area contributed by atoms with Gasteiger partial charge in [-0.3, -0.25) is 4.79 Å². The van der Waals surface area contributed by atoms with E-state index < -0.39 is 0 Å². The number of imidazole rings is 1. The van der Waals surface area contributed by atoms with Gasteiger partial charge >= 0.3 is 0 Å². The molecule has 0 fully saturated rings. The number of carbonyl (C=O) groups excluding carboxylic acids is 1. The number of para-hydroxylation sites is 2. The average molecular weight is 274 g/mol. The Morgan fingerprint density at radius 3 is 2.95 bits per heavy atom. The lowest BCUT2D eigenvalue weighted by Gasteiger charge is -2.07. The summed E-state index contributed by atoms with van der Waals surface area (Å²) in [6.45, 7) is 5.30. The number of nitrogens with zero attached hydrogens (tertiary/aromatic N) is 2. The molecule has 0 aliphatic heterocycles. The Bertz CT molecular complexity index is 550. The van der Waals surface area contributed by atoms with Crippen molar-refractivity contribution in [2.45, 2.75) is 26.3 Å². The van der Waals surface area contributed by atoms with Crippen LogP contribution in [-0.2, 0) is 11.3 Å². The molecule has 1 heterocycles. The summed E-state index contributed by atoms with van der Waals surface area (Å²) < 4.78 is 2.02. The van der Waals surface area contributed by atoms with Crippen molar-refractivity contribution in [1.29, 1.82) is 0 Å². The molecule has 20 heavy (non-hydrogen) atoms. The number of hydrogen-bond acceptors (Lipinski definition) is 3. The van der Waals surface area contributed by atoms with Crippen molar-refractivity contribution in [2.75, 3.05) is 19.6 Å². The summed E-state index contributed by atoms with van der Waals surface area (Å²) in [5, 5.41) is 6.17. The van der Waals surface area contributed by atoms with Gasteiger partial charge in [-0.2, -0.15) is 0 Å². The number of nitrogens with one attached hydrogen (secondary N) is 2. The number of aryl methyl sites for hydroxylation is 1. The van der Waals surface area contributed by atoms with E-state index in [1.165, 1.54) is 0 Å². The molecule has 5 nitrogen and oxygen atoms in total. The van der Waals surface area contributed by atoms with Gasteiger partial charge in [-0.1, -0.05) is 19.1 Å². The normalized spacial score (nSPS) is 10.8. The molecule has 0 aliphatic carbocycles. The van der Waals surface area contributed by atoms with Crippen LogP contribution in [0.4, 0.5) is 0 Å². The Hall–Kier alpha value is -1.88. The second kappa shape index (κ2) is 7.65. The van der Waals surface area contributed by atoms with Crippen LogP contribution in [-0.4, -0.2) is 35.1 Å². The number of amides is 1. The van der Waals surface area contributed by atoms with Crippen LogP contribution in [0, 0.1) is 0 Å². The van der Waals surface area contributed by atoms with Gasteiger partial charge in [0, 0.05) is 26.1 Å². The highest BCUT2D eigenvalue weighted by atomic mass is 16.1. The number of fused-ring (bicyclic) bond motifs is 1. The van der Waals surface area contributed by atoms with Crippen molar-refractivity contribution < 1.29 is 4.79 Å². The van der Waals surface area contributed by atoms with Gasteiger partial charge in [0.25, 0.3) is 0 Å². The summed E-state index contributed by atoms with van der Waals surface area (Å²) >= 11 is 0. The van der Waals surface area contributed by atoms with Gasteiger partial charge in [-0.25, -0.2) is 4.98 Å². The van der Waals surface area contributed by atoms with E-state index in [9.17, 15) is 4.79 Å².